The SMILES string of the molecule is COc1cc(C(=O)NC(C)CCO)ccc1Cl. The Morgan fingerprint density at radius 3 is 2.88 bits per heavy atom. The number of aliphatic hydroxyl groups excluding tert-OH is 1. The molecule has 1 aromatic carbocycles. The molecule has 94 valence electrons. The summed E-state index contributed by atoms with van der Waals surface area (Å²) in [5.74, 6) is 0.259. The zero-order chi connectivity index (χ0) is 12.8. The molecule has 1 amide bonds. The van der Waals surface area contributed by atoms with E-state index < -0.39 is 0 Å². The number of hydrogen-bond donors (Lipinski definition) is 2. The van der Waals surface area contributed by atoms with E-state index in [9.17, 15) is 4.79 Å². The molecule has 0 saturated heterocycles. The molecule has 0 spiro atoms. The number of benzene rings is 1. The zero-order valence-electron chi connectivity index (χ0n) is 9.87. The van der Waals surface area contributed by atoms with Crippen LogP contribution in [0.1, 0.15) is 23.7 Å². The zero-order valence-corrected chi connectivity index (χ0v) is 10.6. The van der Waals surface area contributed by atoms with Crippen molar-refractivity contribution in [2.24, 2.45) is 0 Å². The lowest BCUT2D eigenvalue weighted by Crippen LogP contribution is -2.33. The number of carbonyl (C=O) groups excluding carboxylic acids is 1. The standard InChI is InChI=1S/C12H16ClNO3/c1-8(5-6-15)14-12(16)9-3-4-10(13)11(7-9)17-2/h3-4,7-8,15H,5-6H2,1-2H3,(H,14,16). The second-order valence-corrected chi connectivity index (χ2v) is 4.14. The van der Waals surface area contributed by atoms with E-state index in [0.717, 1.165) is 0 Å². The smallest absolute Gasteiger partial charge is 0.251 e. The lowest BCUT2D eigenvalue weighted by Gasteiger charge is -2.13. The van der Waals surface area contributed by atoms with Crippen LogP contribution in [0.15, 0.2) is 18.2 Å². The van der Waals surface area contributed by atoms with Crippen molar-refractivity contribution in [2.75, 3.05) is 13.7 Å². The minimum atomic E-state index is -0.207. The monoisotopic (exact) mass is 257 g/mol. The molecule has 0 saturated carbocycles. The Morgan fingerprint density at radius 1 is 1.59 bits per heavy atom. The normalized spacial score (nSPS) is 12.0. The topological polar surface area (TPSA) is 58.6 Å². The van der Waals surface area contributed by atoms with E-state index in [1.165, 1.54) is 7.11 Å². The third-order valence-electron chi connectivity index (χ3n) is 2.35. The first-order valence-corrected chi connectivity index (χ1v) is 5.71. The minimum absolute atomic E-state index is 0.0470. The molecule has 0 aliphatic rings. The number of amides is 1. The Morgan fingerprint density at radius 2 is 2.29 bits per heavy atom. The number of carbonyl (C=O) groups is 1. The van der Waals surface area contributed by atoms with Crippen LogP contribution in [-0.4, -0.2) is 30.8 Å². The maximum atomic E-state index is 11.8. The molecule has 0 aliphatic heterocycles. The lowest BCUT2D eigenvalue weighted by molar-refractivity contribution is 0.0934. The van der Waals surface area contributed by atoms with Crippen LogP contribution >= 0.6 is 11.6 Å². The van der Waals surface area contributed by atoms with Crippen LogP contribution in [-0.2, 0) is 0 Å². The van der Waals surface area contributed by atoms with E-state index in [1.807, 2.05) is 6.92 Å². The van der Waals surface area contributed by atoms with E-state index in [-0.39, 0.29) is 18.6 Å². The van der Waals surface area contributed by atoms with Gasteiger partial charge in [0.05, 0.1) is 12.1 Å². The molecule has 17 heavy (non-hydrogen) atoms. The number of aliphatic hydroxyl groups is 1. The number of hydrogen-bond acceptors (Lipinski definition) is 3. The summed E-state index contributed by atoms with van der Waals surface area (Å²) in [5, 5.41) is 12.0. The molecule has 1 rings (SSSR count). The summed E-state index contributed by atoms with van der Waals surface area (Å²) in [6.07, 6.45) is 0.524. The molecule has 0 bridgehead atoms. The number of ether oxygens (including phenoxy) is 1. The van der Waals surface area contributed by atoms with Gasteiger partial charge in [-0.25, -0.2) is 0 Å². The van der Waals surface area contributed by atoms with Gasteiger partial charge in [0.25, 0.3) is 5.91 Å². The van der Waals surface area contributed by atoms with Crippen molar-refractivity contribution in [2.45, 2.75) is 19.4 Å². The van der Waals surface area contributed by atoms with E-state index in [1.54, 1.807) is 18.2 Å². The first-order valence-electron chi connectivity index (χ1n) is 5.33. The van der Waals surface area contributed by atoms with Gasteiger partial charge in [-0.15, -0.1) is 0 Å². The molecule has 1 atom stereocenters. The molecule has 1 aromatic rings. The van der Waals surface area contributed by atoms with Crippen molar-refractivity contribution in [3.63, 3.8) is 0 Å². The highest BCUT2D eigenvalue weighted by atomic mass is 35.5. The predicted octanol–water partition coefficient (Wildman–Crippen LogP) is 1.85. The Kier molecular flexibility index (Phi) is 5.25. The summed E-state index contributed by atoms with van der Waals surface area (Å²) in [5.41, 5.74) is 0.482. The van der Waals surface area contributed by atoms with Gasteiger partial charge in [0, 0.05) is 18.2 Å². The fourth-order valence-corrected chi connectivity index (χ4v) is 1.57. The van der Waals surface area contributed by atoms with Crippen LogP contribution in [0.2, 0.25) is 5.02 Å². The summed E-state index contributed by atoms with van der Waals surface area (Å²) in [6.45, 7) is 1.88. The summed E-state index contributed by atoms with van der Waals surface area (Å²) in [4.78, 5) is 11.8. The van der Waals surface area contributed by atoms with Crippen molar-refractivity contribution in [3.05, 3.63) is 28.8 Å². The lowest BCUT2D eigenvalue weighted by atomic mass is 10.1. The van der Waals surface area contributed by atoms with Crippen LogP contribution in [0.3, 0.4) is 0 Å². The van der Waals surface area contributed by atoms with Gasteiger partial charge in [0.2, 0.25) is 0 Å². The Bertz CT molecular complexity index is 395. The fourth-order valence-electron chi connectivity index (χ4n) is 1.37. The van der Waals surface area contributed by atoms with Crippen molar-refractivity contribution >= 4 is 17.5 Å². The molecule has 5 heteroatoms. The first-order chi connectivity index (χ1) is 8.08. The molecule has 2 N–H and O–H groups in total. The summed E-state index contributed by atoms with van der Waals surface area (Å²) >= 11 is 5.87. The number of nitrogens with one attached hydrogen (secondary N) is 1. The molecule has 0 aliphatic carbocycles. The second kappa shape index (κ2) is 6.47. The average Bonchev–Trinajstić information content (AvgIpc) is 2.29. The van der Waals surface area contributed by atoms with Crippen molar-refractivity contribution in [3.8, 4) is 5.75 Å². The largest absolute Gasteiger partial charge is 0.495 e. The molecule has 0 radical (unpaired) electrons. The van der Waals surface area contributed by atoms with Gasteiger partial charge in [-0.2, -0.15) is 0 Å². The van der Waals surface area contributed by atoms with Gasteiger partial charge in [-0.3, -0.25) is 4.79 Å². The van der Waals surface area contributed by atoms with E-state index in [0.29, 0.717) is 22.8 Å². The van der Waals surface area contributed by atoms with E-state index in [2.05, 4.69) is 5.32 Å². The maximum Gasteiger partial charge on any atom is 0.251 e. The van der Waals surface area contributed by atoms with Gasteiger partial charge in [-0.05, 0) is 31.5 Å². The minimum Gasteiger partial charge on any atom is -0.495 e. The third kappa shape index (κ3) is 3.91. The number of rotatable bonds is 5. The van der Waals surface area contributed by atoms with Gasteiger partial charge >= 0.3 is 0 Å². The van der Waals surface area contributed by atoms with Crippen LogP contribution in [0.4, 0.5) is 0 Å². The molecular weight excluding hydrogens is 242 g/mol. The van der Waals surface area contributed by atoms with Gasteiger partial charge < -0.3 is 15.2 Å². The van der Waals surface area contributed by atoms with Gasteiger partial charge in [0.1, 0.15) is 5.75 Å². The van der Waals surface area contributed by atoms with Crippen molar-refractivity contribution < 1.29 is 14.6 Å². The quantitative estimate of drug-likeness (QED) is 0.846. The molecule has 4 nitrogen and oxygen atoms in total. The molecule has 1 unspecified atom stereocenters. The highest BCUT2D eigenvalue weighted by molar-refractivity contribution is 6.32. The molecule has 0 heterocycles. The molecule has 0 fully saturated rings. The average molecular weight is 258 g/mol. The van der Waals surface area contributed by atoms with Gasteiger partial charge in [-0.1, -0.05) is 11.6 Å². The van der Waals surface area contributed by atoms with E-state index >= 15 is 0 Å². The van der Waals surface area contributed by atoms with Crippen LogP contribution in [0.25, 0.3) is 0 Å². The molecule has 0 aromatic heterocycles. The van der Waals surface area contributed by atoms with E-state index in [4.69, 9.17) is 21.4 Å². The summed E-state index contributed by atoms with van der Waals surface area (Å²) in [7, 11) is 1.50. The highest BCUT2D eigenvalue weighted by Crippen LogP contribution is 2.24. The van der Waals surface area contributed by atoms with Crippen LogP contribution < -0.4 is 10.1 Å². The Hall–Kier alpha value is -1.26. The fraction of sp³-hybridized carbons (Fsp3) is 0.417. The maximum absolute atomic E-state index is 11.8. The van der Waals surface area contributed by atoms with Crippen LogP contribution in [0, 0.1) is 0 Å². The summed E-state index contributed by atoms with van der Waals surface area (Å²) < 4.78 is 5.04. The number of methoxy groups -OCH3 is 1. The Balaban J connectivity index is 2.75. The van der Waals surface area contributed by atoms with Gasteiger partial charge in [0.15, 0.2) is 0 Å². The summed E-state index contributed by atoms with van der Waals surface area (Å²) in [6, 6.07) is 4.76. The predicted molar refractivity (Wildman–Crippen MR) is 66.6 cm³/mol. The van der Waals surface area contributed by atoms with Crippen LogP contribution in [0.5, 0.6) is 5.75 Å². The Labute approximate surface area is 106 Å². The first kappa shape index (κ1) is 13.8. The highest BCUT2D eigenvalue weighted by Gasteiger charge is 2.11. The number of halogens is 1. The second-order valence-electron chi connectivity index (χ2n) is 3.74. The van der Waals surface area contributed by atoms with Crippen molar-refractivity contribution in [1.29, 1.82) is 0 Å². The van der Waals surface area contributed by atoms with Crippen molar-refractivity contribution in [1.82, 2.24) is 5.32 Å². The third-order valence-corrected chi connectivity index (χ3v) is 2.67. The molecular formula is C12H16ClNO3.